The molecule has 3 aliphatic rings. The van der Waals surface area contributed by atoms with Crippen LogP contribution in [0.2, 0.25) is 0 Å². The van der Waals surface area contributed by atoms with E-state index in [2.05, 4.69) is 182 Å². The lowest BCUT2D eigenvalue weighted by molar-refractivity contribution is 0.404. The summed E-state index contributed by atoms with van der Waals surface area (Å²) in [5, 5.41) is 4.44. The summed E-state index contributed by atoms with van der Waals surface area (Å²) in [7, 11) is 0. The molecule has 1 nitrogen and oxygen atoms in total. The molecular formula is C55H54BNS. The lowest BCUT2D eigenvalue weighted by atomic mass is 9.32. The highest BCUT2D eigenvalue weighted by Crippen LogP contribution is 2.57. The smallest absolute Gasteiger partial charge is 0.260 e. The molecule has 8 aromatic rings. The van der Waals surface area contributed by atoms with Crippen LogP contribution in [0.1, 0.15) is 125 Å². The number of rotatable bonds is 6. The molecular weight excluding hydrogens is 717 g/mol. The summed E-state index contributed by atoms with van der Waals surface area (Å²) in [6.45, 7) is 22.2. The fourth-order valence-electron chi connectivity index (χ4n) is 13.1. The van der Waals surface area contributed by atoms with Crippen LogP contribution in [0.15, 0.2) is 115 Å². The molecule has 0 saturated heterocycles. The summed E-state index contributed by atoms with van der Waals surface area (Å²) < 4.78 is 5.63. The molecule has 0 unspecified atom stereocenters. The summed E-state index contributed by atoms with van der Waals surface area (Å²) in [6.07, 6.45) is 4.50. The van der Waals surface area contributed by atoms with Gasteiger partial charge in [-0.1, -0.05) is 164 Å². The Labute approximate surface area is 349 Å². The van der Waals surface area contributed by atoms with Gasteiger partial charge in [0.1, 0.15) is 0 Å². The van der Waals surface area contributed by atoms with Crippen molar-refractivity contribution < 1.29 is 0 Å². The van der Waals surface area contributed by atoms with Gasteiger partial charge in [0.15, 0.2) is 0 Å². The van der Waals surface area contributed by atoms with Gasteiger partial charge in [-0.15, -0.1) is 11.3 Å². The fraction of sp³-hybridized carbons (Fsp3) is 0.309. The van der Waals surface area contributed by atoms with Gasteiger partial charge in [0.05, 0.1) is 10.9 Å². The zero-order chi connectivity index (χ0) is 40.1. The van der Waals surface area contributed by atoms with E-state index < -0.39 is 5.41 Å². The maximum atomic E-state index is 2.76. The zero-order valence-electron chi connectivity index (χ0n) is 35.7. The second kappa shape index (κ2) is 12.1. The molecule has 2 aliphatic heterocycles. The van der Waals surface area contributed by atoms with E-state index in [1.807, 2.05) is 11.3 Å². The van der Waals surface area contributed by atoms with Gasteiger partial charge >= 0.3 is 0 Å². The lowest BCUT2D eigenvalue weighted by Gasteiger charge is -2.45. The van der Waals surface area contributed by atoms with Crippen LogP contribution in [-0.4, -0.2) is 11.3 Å². The van der Waals surface area contributed by atoms with E-state index >= 15 is 0 Å². The monoisotopic (exact) mass is 771 g/mol. The quantitative estimate of drug-likeness (QED) is 0.148. The van der Waals surface area contributed by atoms with Crippen LogP contribution < -0.4 is 15.7 Å². The Bertz CT molecular complexity index is 2970. The number of hydrogen-bond acceptors (Lipinski definition) is 1. The third-order valence-electron chi connectivity index (χ3n) is 14.8. The van der Waals surface area contributed by atoms with E-state index in [0.29, 0.717) is 0 Å². The number of nitrogens with zero attached hydrogens (tertiary/aromatic N) is 1. The van der Waals surface area contributed by atoms with Crippen molar-refractivity contribution in [3.63, 3.8) is 0 Å². The molecule has 0 N–H and O–H groups in total. The molecule has 0 spiro atoms. The lowest BCUT2D eigenvalue weighted by Crippen LogP contribution is -2.63. The molecule has 6 aromatic carbocycles. The van der Waals surface area contributed by atoms with Gasteiger partial charge in [-0.05, 0) is 126 Å². The summed E-state index contributed by atoms with van der Waals surface area (Å²) in [5.41, 5.74) is 19.8. The van der Waals surface area contributed by atoms with Gasteiger partial charge in [0.25, 0.3) is 6.71 Å². The largest absolute Gasteiger partial charge is 0.310 e. The predicted molar refractivity (Wildman–Crippen MR) is 252 cm³/mol. The number of thiophene rings is 1. The fourth-order valence-corrected chi connectivity index (χ4v) is 14.5. The number of fused-ring (bicyclic) bond motifs is 11. The highest BCUT2D eigenvalue weighted by Gasteiger charge is 2.54. The Kier molecular flexibility index (Phi) is 7.56. The number of aryl methyl sites for hydroxylation is 2. The average Bonchev–Trinajstić information content (AvgIpc) is 3.81. The molecule has 3 heteroatoms. The van der Waals surface area contributed by atoms with Crippen molar-refractivity contribution in [1.29, 1.82) is 0 Å². The highest BCUT2D eigenvalue weighted by atomic mass is 32.1. The molecule has 58 heavy (non-hydrogen) atoms. The van der Waals surface area contributed by atoms with Crippen LogP contribution in [0.5, 0.6) is 0 Å². The molecule has 0 bridgehead atoms. The Balaban J connectivity index is 1.42. The standard InChI is InChI=1S/C55H54BNS/c1-10-29-52(4,5)46-34(11-2)26-27-41-44(46)45-48-39(53(6,7)32-54(48,8)9)31-40-50(45)57(41)42-24-18-23-38-49(42)56(40)51-47(37-30-33(3)25-28-43(37)58-51)55(38,35-19-14-12-15-20-35)36-21-16-13-17-22-36/h12-28,30-31H,10-11,29,32H2,1-9H3. The minimum absolute atomic E-state index is 0.0260. The van der Waals surface area contributed by atoms with Crippen LogP contribution in [0.4, 0.5) is 0 Å². The van der Waals surface area contributed by atoms with E-state index in [9.17, 15) is 0 Å². The first kappa shape index (κ1) is 36.2. The van der Waals surface area contributed by atoms with Gasteiger partial charge in [0, 0.05) is 26.7 Å². The van der Waals surface area contributed by atoms with Crippen molar-refractivity contribution >= 4 is 65.6 Å². The molecule has 0 amide bonds. The predicted octanol–water partition coefficient (Wildman–Crippen LogP) is 12.4. The number of hydrogen-bond donors (Lipinski definition) is 0. The van der Waals surface area contributed by atoms with Gasteiger partial charge in [-0.3, -0.25) is 0 Å². The Morgan fingerprint density at radius 2 is 1.43 bits per heavy atom. The van der Waals surface area contributed by atoms with Crippen LogP contribution in [-0.2, 0) is 28.1 Å². The topological polar surface area (TPSA) is 4.93 Å². The van der Waals surface area contributed by atoms with E-state index in [1.165, 1.54) is 86.7 Å². The molecule has 0 atom stereocenters. The number of benzene rings is 6. The van der Waals surface area contributed by atoms with Crippen LogP contribution >= 0.6 is 11.3 Å². The number of aromatic nitrogens is 1. The van der Waals surface area contributed by atoms with Gasteiger partial charge in [0.2, 0.25) is 0 Å². The highest BCUT2D eigenvalue weighted by molar-refractivity contribution is 7.33. The maximum Gasteiger partial charge on any atom is 0.260 e. The second-order valence-corrected chi connectivity index (χ2v) is 21.0. The van der Waals surface area contributed by atoms with Gasteiger partial charge < -0.3 is 4.57 Å². The summed E-state index contributed by atoms with van der Waals surface area (Å²) in [5.74, 6) is 0. The third kappa shape index (κ3) is 4.50. The summed E-state index contributed by atoms with van der Waals surface area (Å²) >= 11 is 2.05. The maximum absolute atomic E-state index is 2.76. The van der Waals surface area contributed by atoms with E-state index in [0.717, 1.165) is 25.7 Å². The molecule has 0 fully saturated rings. The van der Waals surface area contributed by atoms with Crippen molar-refractivity contribution in [2.24, 2.45) is 0 Å². The molecule has 0 radical (unpaired) electrons. The van der Waals surface area contributed by atoms with E-state index in [-0.39, 0.29) is 23.0 Å². The Hall–Kier alpha value is -4.86. The average molecular weight is 772 g/mol. The summed E-state index contributed by atoms with van der Waals surface area (Å²) in [4.78, 5) is 0. The van der Waals surface area contributed by atoms with Crippen LogP contribution in [0, 0.1) is 6.92 Å². The Morgan fingerprint density at radius 3 is 2.10 bits per heavy atom. The van der Waals surface area contributed by atoms with Crippen molar-refractivity contribution in [3.8, 4) is 5.69 Å². The molecule has 11 rings (SSSR count). The minimum atomic E-state index is -0.507. The zero-order valence-corrected chi connectivity index (χ0v) is 36.5. The molecule has 0 saturated carbocycles. The van der Waals surface area contributed by atoms with Crippen molar-refractivity contribution in [1.82, 2.24) is 4.57 Å². The van der Waals surface area contributed by atoms with Gasteiger partial charge in [-0.25, -0.2) is 0 Å². The Morgan fingerprint density at radius 1 is 0.724 bits per heavy atom. The van der Waals surface area contributed by atoms with Gasteiger partial charge in [-0.2, -0.15) is 0 Å². The van der Waals surface area contributed by atoms with E-state index in [4.69, 9.17) is 0 Å². The van der Waals surface area contributed by atoms with Crippen LogP contribution in [0.25, 0.3) is 37.6 Å². The molecule has 1 aliphatic carbocycles. The van der Waals surface area contributed by atoms with Crippen LogP contribution in [0.3, 0.4) is 0 Å². The minimum Gasteiger partial charge on any atom is -0.310 e. The third-order valence-corrected chi connectivity index (χ3v) is 16.0. The normalized spacial score (nSPS) is 16.9. The second-order valence-electron chi connectivity index (χ2n) is 19.9. The molecule has 4 heterocycles. The first-order valence-corrected chi connectivity index (χ1v) is 22.6. The van der Waals surface area contributed by atoms with Crippen molar-refractivity contribution in [2.45, 2.75) is 110 Å². The van der Waals surface area contributed by atoms with Crippen molar-refractivity contribution in [2.75, 3.05) is 0 Å². The SMILES string of the molecule is CCCC(C)(C)c1c(CC)ccc2c1c1c3c(cc4c1n2-c1cccc2c1B4c1sc4ccc(C)cc4c1C2(c1ccccc1)c1ccccc1)C(C)(C)CC3(C)C. The first-order chi connectivity index (χ1) is 27.8. The summed E-state index contributed by atoms with van der Waals surface area (Å²) in [6, 6.07) is 45.1. The van der Waals surface area contributed by atoms with Crippen molar-refractivity contribution in [3.05, 3.63) is 165 Å². The first-order valence-electron chi connectivity index (χ1n) is 21.8. The molecule has 2 aromatic heterocycles. The molecule has 288 valence electrons. The van der Waals surface area contributed by atoms with E-state index in [1.54, 1.807) is 16.7 Å².